The van der Waals surface area contributed by atoms with Gasteiger partial charge in [0.25, 0.3) is 0 Å². The second-order valence-corrected chi connectivity index (χ2v) is 6.57. The average molecular weight is 344 g/mol. The third kappa shape index (κ3) is 2.88. The van der Waals surface area contributed by atoms with E-state index in [1.807, 2.05) is 0 Å². The van der Waals surface area contributed by atoms with E-state index in [4.69, 9.17) is 23.2 Å². The number of nitrogens with zero attached hydrogens (tertiary/aromatic N) is 2. The van der Waals surface area contributed by atoms with E-state index < -0.39 is 5.25 Å². The summed E-state index contributed by atoms with van der Waals surface area (Å²) in [5.41, 5.74) is 0.447. The van der Waals surface area contributed by atoms with Crippen LogP contribution >= 0.6 is 35.0 Å². The number of halogens is 2. The fourth-order valence-electron chi connectivity index (χ4n) is 2.18. The lowest BCUT2D eigenvalue weighted by molar-refractivity contribution is -0.127. The Kier molecular flexibility index (Phi) is 4.10. The fraction of sp³-hybridized carbons (Fsp3) is 0.308. The Morgan fingerprint density at radius 1 is 1.48 bits per heavy atom. The highest BCUT2D eigenvalue weighted by molar-refractivity contribution is 8.15. The van der Waals surface area contributed by atoms with Crippen molar-refractivity contribution in [3.8, 4) is 0 Å². The third-order valence-corrected chi connectivity index (χ3v) is 5.22. The quantitative estimate of drug-likeness (QED) is 0.917. The Morgan fingerprint density at radius 3 is 3.05 bits per heavy atom. The molecule has 5 nitrogen and oxygen atoms in total. The summed E-state index contributed by atoms with van der Waals surface area (Å²) in [7, 11) is 0. The first-order valence-electron chi connectivity index (χ1n) is 6.32. The highest BCUT2D eigenvalue weighted by Gasteiger charge is 2.40. The van der Waals surface area contributed by atoms with Crippen LogP contribution in [0.25, 0.3) is 0 Å². The molecule has 0 bridgehead atoms. The number of rotatable bonds is 3. The molecule has 2 aliphatic rings. The molecule has 2 heterocycles. The normalized spacial score (nSPS) is 20.5. The van der Waals surface area contributed by atoms with Gasteiger partial charge in [-0.1, -0.05) is 41.0 Å². The van der Waals surface area contributed by atoms with Gasteiger partial charge in [0.1, 0.15) is 5.25 Å². The van der Waals surface area contributed by atoms with Crippen molar-refractivity contribution < 1.29 is 9.59 Å². The van der Waals surface area contributed by atoms with Crippen molar-refractivity contribution in [2.24, 2.45) is 4.99 Å². The molecule has 1 aromatic rings. The fourth-order valence-corrected chi connectivity index (χ4v) is 3.72. The van der Waals surface area contributed by atoms with Gasteiger partial charge in [0, 0.05) is 13.0 Å². The Balaban J connectivity index is 1.65. The van der Waals surface area contributed by atoms with Gasteiger partial charge in [-0.3, -0.25) is 19.5 Å². The standard InChI is InChI=1S/C13H11Cl2N3O2S/c14-7-2-1-3-8(11(7)15)17-10(19)6-9-12(20)18-5-4-16-13(18)21-9/h1-3,9H,4-6H2,(H,17,19)/t9-/m0/s1. The van der Waals surface area contributed by atoms with E-state index in [-0.39, 0.29) is 18.2 Å². The van der Waals surface area contributed by atoms with Crippen LogP contribution in [0, 0.1) is 0 Å². The number of amidine groups is 1. The molecule has 0 aliphatic carbocycles. The highest BCUT2D eigenvalue weighted by Crippen LogP contribution is 2.33. The number of hydrogen-bond acceptors (Lipinski definition) is 4. The summed E-state index contributed by atoms with van der Waals surface area (Å²) >= 11 is 13.2. The van der Waals surface area contributed by atoms with Gasteiger partial charge in [-0.25, -0.2) is 0 Å². The summed E-state index contributed by atoms with van der Waals surface area (Å²) in [5.74, 6) is -0.324. The van der Waals surface area contributed by atoms with E-state index >= 15 is 0 Å². The lowest BCUT2D eigenvalue weighted by Crippen LogP contribution is -2.32. The van der Waals surface area contributed by atoms with Crippen LogP contribution in [0.1, 0.15) is 6.42 Å². The molecular weight excluding hydrogens is 333 g/mol. The molecule has 1 aromatic carbocycles. The minimum atomic E-state index is -0.415. The van der Waals surface area contributed by atoms with Gasteiger partial charge < -0.3 is 5.32 Å². The van der Waals surface area contributed by atoms with E-state index in [0.29, 0.717) is 28.8 Å². The van der Waals surface area contributed by atoms with Crippen LogP contribution in [-0.2, 0) is 9.59 Å². The minimum Gasteiger partial charge on any atom is -0.325 e. The van der Waals surface area contributed by atoms with Crippen LogP contribution in [0.5, 0.6) is 0 Å². The Morgan fingerprint density at radius 2 is 2.29 bits per heavy atom. The summed E-state index contributed by atoms with van der Waals surface area (Å²) in [4.78, 5) is 30.0. The molecule has 1 saturated heterocycles. The molecule has 2 amide bonds. The van der Waals surface area contributed by atoms with Gasteiger partial charge in [-0.05, 0) is 12.1 Å². The molecule has 0 saturated carbocycles. The van der Waals surface area contributed by atoms with Gasteiger partial charge in [0.05, 0.1) is 22.3 Å². The van der Waals surface area contributed by atoms with Crippen LogP contribution in [0.4, 0.5) is 5.69 Å². The second kappa shape index (κ2) is 5.87. The first-order chi connectivity index (χ1) is 10.1. The summed E-state index contributed by atoms with van der Waals surface area (Å²) in [6.07, 6.45) is 0.0852. The van der Waals surface area contributed by atoms with E-state index in [1.165, 1.54) is 11.8 Å². The maximum Gasteiger partial charge on any atom is 0.242 e. The lowest BCUT2D eigenvalue weighted by Gasteiger charge is -2.11. The SMILES string of the molecule is O=C(C[C@@H]1SC2=NCCN2C1=O)Nc1cccc(Cl)c1Cl. The van der Waals surface area contributed by atoms with Gasteiger partial charge in [0.2, 0.25) is 11.8 Å². The zero-order valence-corrected chi connectivity index (χ0v) is 13.1. The molecule has 21 heavy (non-hydrogen) atoms. The maximum atomic E-state index is 12.1. The van der Waals surface area contributed by atoms with Crippen molar-refractivity contribution in [2.45, 2.75) is 11.7 Å². The van der Waals surface area contributed by atoms with Crippen LogP contribution in [0.3, 0.4) is 0 Å². The lowest BCUT2D eigenvalue weighted by atomic mass is 10.2. The third-order valence-electron chi connectivity index (χ3n) is 3.19. The summed E-state index contributed by atoms with van der Waals surface area (Å²) in [6.45, 7) is 1.25. The van der Waals surface area contributed by atoms with Crippen LogP contribution in [0.2, 0.25) is 10.0 Å². The van der Waals surface area contributed by atoms with E-state index in [2.05, 4.69) is 10.3 Å². The molecule has 2 aliphatic heterocycles. The molecule has 1 atom stereocenters. The number of aliphatic imine (C=N–C) groups is 1. The van der Waals surface area contributed by atoms with Crippen molar-refractivity contribution >= 4 is 57.6 Å². The Labute approximate surface area is 135 Å². The number of fused-ring (bicyclic) bond motifs is 1. The van der Waals surface area contributed by atoms with Crippen molar-refractivity contribution in [1.82, 2.24) is 4.90 Å². The van der Waals surface area contributed by atoms with Crippen LogP contribution < -0.4 is 5.32 Å². The van der Waals surface area contributed by atoms with Crippen LogP contribution in [0.15, 0.2) is 23.2 Å². The number of carbonyl (C=O) groups excluding carboxylic acids is 2. The number of thioether (sulfide) groups is 1. The van der Waals surface area contributed by atoms with E-state index in [1.54, 1.807) is 23.1 Å². The van der Waals surface area contributed by atoms with E-state index in [9.17, 15) is 9.59 Å². The van der Waals surface area contributed by atoms with Crippen molar-refractivity contribution in [1.29, 1.82) is 0 Å². The molecule has 0 spiro atoms. The summed E-state index contributed by atoms with van der Waals surface area (Å²) < 4.78 is 0. The Hall–Kier alpha value is -1.24. The molecule has 0 radical (unpaired) electrons. The molecule has 0 unspecified atom stereocenters. The predicted molar refractivity (Wildman–Crippen MR) is 85.1 cm³/mol. The summed E-state index contributed by atoms with van der Waals surface area (Å²) in [6, 6.07) is 5.00. The van der Waals surface area contributed by atoms with Gasteiger partial charge >= 0.3 is 0 Å². The van der Waals surface area contributed by atoms with E-state index in [0.717, 1.165) is 5.17 Å². The average Bonchev–Trinajstić information content (AvgIpc) is 3.00. The highest BCUT2D eigenvalue weighted by atomic mass is 35.5. The molecule has 1 N–H and O–H groups in total. The van der Waals surface area contributed by atoms with Gasteiger partial charge in [-0.2, -0.15) is 0 Å². The molecule has 110 valence electrons. The molecule has 0 aromatic heterocycles. The van der Waals surface area contributed by atoms with Gasteiger partial charge in [-0.15, -0.1) is 0 Å². The first-order valence-corrected chi connectivity index (χ1v) is 7.96. The number of nitrogens with one attached hydrogen (secondary N) is 1. The number of anilines is 1. The van der Waals surface area contributed by atoms with Crippen LogP contribution in [-0.4, -0.2) is 40.2 Å². The molecule has 3 rings (SSSR count). The zero-order valence-electron chi connectivity index (χ0n) is 10.8. The smallest absolute Gasteiger partial charge is 0.242 e. The molecule has 1 fully saturated rings. The largest absolute Gasteiger partial charge is 0.325 e. The Bertz CT molecular complexity index is 650. The second-order valence-electron chi connectivity index (χ2n) is 4.61. The van der Waals surface area contributed by atoms with Crippen molar-refractivity contribution in [3.63, 3.8) is 0 Å². The maximum absolute atomic E-state index is 12.1. The van der Waals surface area contributed by atoms with Crippen molar-refractivity contribution in [3.05, 3.63) is 28.2 Å². The van der Waals surface area contributed by atoms with Gasteiger partial charge in [0.15, 0.2) is 5.17 Å². The summed E-state index contributed by atoms with van der Waals surface area (Å²) in [5, 5.41) is 3.66. The number of carbonyl (C=O) groups is 2. The van der Waals surface area contributed by atoms with Crippen molar-refractivity contribution in [2.75, 3.05) is 18.4 Å². The first kappa shape index (κ1) is 14.7. The molecular formula is C13H11Cl2N3O2S. The predicted octanol–water partition coefficient (Wildman–Crippen LogP) is 2.64. The number of benzene rings is 1. The minimum absolute atomic E-state index is 0.0522. The molecule has 8 heteroatoms. The topological polar surface area (TPSA) is 61.8 Å². The number of amides is 2. The zero-order chi connectivity index (χ0) is 15.0. The number of hydrogen-bond donors (Lipinski definition) is 1. The monoisotopic (exact) mass is 343 g/mol.